The number of rotatable bonds is 6. The van der Waals surface area contributed by atoms with Crippen molar-refractivity contribution in [2.75, 3.05) is 6.61 Å². The van der Waals surface area contributed by atoms with Crippen LogP contribution in [0.15, 0.2) is 0 Å². The van der Waals surface area contributed by atoms with E-state index < -0.39 is 23.5 Å². The van der Waals surface area contributed by atoms with E-state index in [1.54, 1.807) is 13.8 Å². The summed E-state index contributed by atoms with van der Waals surface area (Å²) in [4.78, 5) is 21.6. The summed E-state index contributed by atoms with van der Waals surface area (Å²) in [5.41, 5.74) is 4.73. The van der Waals surface area contributed by atoms with E-state index in [-0.39, 0.29) is 19.4 Å². The highest BCUT2D eigenvalue weighted by Crippen LogP contribution is 2.02. The molecule has 0 aromatic carbocycles. The molecule has 6 heteroatoms. The molecular weight excluding hydrogens is 200 g/mol. The first kappa shape index (κ1) is 13.9. The molecule has 0 rings (SSSR count). The molecule has 0 saturated heterocycles. The molecule has 0 bridgehead atoms. The average molecular weight is 218 g/mol. The van der Waals surface area contributed by atoms with Gasteiger partial charge < -0.3 is 21.3 Å². The van der Waals surface area contributed by atoms with E-state index >= 15 is 0 Å². The van der Waals surface area contributed by atoms with Crippen molar-refractivity contribution in [3.8, 4) is 0 Å². The van der Waals surface area contributed by atoms with Crippen molar-refractivity contribution in [2.24, 2.45) is 5.73 Å². The van der Waals surface area contributed by atoms with Gasteiger partial charge in [0, 0.05) is 6.42 Å². The van der Waals surface area contributed by atoms with E-state index in [0.29, 0.717) is 0 Å². The molecular formula is C9H18N2O4. The topological polar surface area (TPSA) is 113 Å². The fraction of sp³-hybridized carbons (Fsp3) is 0.778. The lowest BCUT2D eigenvalue weighted by Gasteiger charge is -2.25. The summed E-state index contributed by atoms with van der Waals surface area (Å²) in [6.45, 7) is 3.09. The molecule has 1 unspecified atom stereocenters. The number of aliphatic carboxylic acids is 1. The van der Waals surface area contributed by atoms with Gasteiger partial charge in [-0.3, -0.25) is 9.59 Å². The molecule has 0 aromatic rings. The third kappa shape index (κ3) is 6.03. The normalized spacial score (nSPS) is 13.3. The predicted molar refractivity (Wildman–Crippen MR) is 54.2 cm³/mol. The Hall–Kier alpha value is -1.14. The molecule has 0 fully saturated rings. The number of hydrogen-bond donors (Lipinski definition) is 4. The van der Waals surface area contributed by atoms with Crippen molar-refractivity contribution < 1.29 is 19.8 Å². The van der Waals surface area contributed by atoms with Gasteiger partial charge in [0.05, 0.1) is 18.2 Å². The van der Waals surface area contributed by atoms with Crippen LogP contribution >= 0.6 is 0 Å². The Morgan fingerprint density at radius 1 is 1.47 bits per heavy atom. The Morgan fingerprint density at radius 3 is 2.40 bits per heavy atom. The molecule has 5 N–H and O–H groups in total. The number of carbonyl (C=O) groups excluding carboxylic acids is 1. The Morgan fingerprint density at radius 2 is 2.00 bits per heavy atom. The number of amides is 1. The molecule has 1 amide bonds. The van der Waals surface area contributed by atoms with E-state index in [4.69, 9.17) is 15.9 Å². The van der Waals surface area contributed by atoms with Crippen molar-refractivity contribution in [3.63, 3.8) is 0 Å². The van der Waals surface area contributed by atoms with E-state index in [2.05, 4.69) is 5.32 Å². The third-order valence-electron chi connectivity index (χ3n) is 1.86. The first-order valence-electron chi connectivity index (χ1n) is 4.69. The Bertz CT molecular complexity index is 240. The van der Waals surface area contributed by atoms with Gasteiger partial charge in [0.1, 0.15) is 0 Å². The first-order valence-corrected chi connectivity index (χ1v) is 4.69. The predicted octanol–water partition coefficient (Wildman–Crippen LogP) is -0.934. The van der Waals surface area contributed by atoms with Crippen molar-refractivity contribution in [2.45, 2.75) is 38.3 Å². The summed E-state index contributed by atoms with van der Waals surface area (Å²) in [5.74, 6) is -1.44. The molecule has 0 radical (unpaired) electrons. The number of nitrogens with two attached hydrogens (primary N) is 1. The lowest BCUT2D eigenvalue weighted by atomic mass is 10.1. The molecule has 0 heterocycles. The van der Waals surface area contributed by atoms with Crippen molar-refractivity contribution in [3.05, 3.63) is 0 Å². The highest BCUT2D eigenvalue weighted by Gasteiger charge is 2.23. The smallest absolute Gasteiger partial charge is 0.303 e. The standard InChI is InChI=1S/C9H18N2O4/c1-9(2,5-12)11-8(15)6(10)3-4-7(13)14/h6,12H,3-5,10H2,1-2H3,(H,11,15)(H,13,14). The zero-order chi connectivity index (χ0) is 12.1. The van der Waals surface area contributed by atoms with Crippen molar-refractivity contribution in [1.82, 2.24) is 5.32 Å². The Labute approximate surface area is 88.5 Å². The summed E-state index contributed by atoms with van der Waals surface area (Å²) in [6, 6.07) is -0.855. The number of aliphatic hydroxyl groups is 1. The fourth-order valence-electron chi connectivity index (χ4n) is 0.876. The number of carboxylic acids is 1. The minimum atomic E-state index is -0.986. The van der Waals surface area contributed by atoms with Crippen molar-refractivity contribution in [1.29, 1.82) is 0 Å². The van der Waals surface area contributed by atoms with Gasteiger partial charge in [-0.25, -0.2) is 0 Å². The van der Waals surface area contributed by atoms with E-state index in [1.807, 2.05) is 0 Å². The zero-order valence-electron chi connectivity index (χ0n) is 8.99. The zero-order valence-corrected chi connectivity index (χ0v) is 8.99. The van der Waals surface area contributed by atoms with Gasteiger partial charge in [-0.05, 0) is 20.3 Å². The number of hydrogen-bond acceptors (Lipinski definition) is 4. The maximum absolute atomic E-state index is 11.4. The van der Waals surface area contributed by atoms with Gasteiger partial charge in [-0.15, -0.1) is 0 Å². The second-order valence-electron chi connectivity index (χ2n) is 4.07. The fourth-order valence-corrected chi connectivity index (χ4v) is 0.876. The molecule has 0 aromatic heterocycles. The van der Waals surface area contributed by atoms with Crippen molar-refractivity contribution >= 4 is 11.9 Å². The quantitative estimate of drug-likeness (QED) is 0.460. The van der Waals surface area contributed by atoms with Gasteiger partial charge in [0.25, 0.3) is 0 Å². The third-order valence-corrected chi connectivity index (χ3v) is 1.86. The first-order chi connectivity index (χ1) is 6.78. The van der Waals surface area contributed by atoms with Crippen LogP contribution in [0.25, 0.3) is 0 Å². The molecule has 0 aliphatic carbocycles. The second kappa shape index (κ2) is 5.67. The van der Waals surface area contributed by atoms with Gasteiger partial charge >= 0.3 is 5.97 Å². The molecule has 88 valence electrons. The summed E-state index contributed by atoms with van der Waals surface area (Å²) in [6.07, 6.45) is -0.0587. The summed E-state index contributed by atoms with van der Waals surface area (Å²) in [5, 5.41) is 19.8. The Kier molecular flexibility index (Phi) is 5.24. The van der Waals surface area contributed by atoms with Crippen LogP contribution in [0.4, 0.5) is 0 Å². The maximum atomic E-state index is 11.4. The summed E-state index contributed by atoms with van der Waals surface area (Å²) in [7, 11) is 0. The van der Waals surface area contributed by atoms with Crippen LogP contribution in [0.3, 0.4) is 0 Å². The van der Waals surface area contributed by atoms with Crippen LogP contribution in [0, 0.1) is 0 Å². The van der Waals surface area contributed by atoms with Crippen LogP contribution in [0.2, 0.25) is 0 Å². The number of carbonyl (C=O) groups is 2. The average Bonchev–Trinajstić information content (AvgIpc) is 2.13. The van der Waals surface area contributed by atoms with Crippen LogP contribution in [0.1, 0.15) is 26.7 Å². The molecule has 6 nitrogen and oxygen atoms in total. The van der Waals surface area contributed by atoms with Crippen LogP contribution in [-0.2, 0) is 9.59 Å². The molecule has 1 atom stereocenters. The van der Waals surface area contributed by atoms with Gasteiger partial charge in [-0.2, -0.15) is 0 Å². The molecule has 0 aliphatic rings. The maximum Gasteiger partial charge on any atom is 0.303 e. The summed E-state index contributed by atoms with van der Waals surface area (Å²) >= 11 is 0. The van der Waals surface area contributed by atoms with Crippen LogP contribution in [-0.4, -0.2) is 40.3 Å². The summed E-state index contributed by atoms with van der Waals surface area (Å²) < 4.78 is 0. The van der Waals surface area contributed by atoms with Gasteiger partial charge in [-0.1, -0.05) is 0 Å². The lowest BCUT2D eigenvalue weighted by molar-refractivity contribution is -0.137. The van der Waals surface area contributed by atoms with E-state index in [9.17, 15) is 9.59 Å². The second-order valence-corrected chi connectivity index (χ2v) is 4.07. The van der Waals surface area contributed by atoms with Gasteiger partial charge in [0.2, 0.25) is 5.91 Å². The molecule has 0 spiro atoms. The Balaban J connectivity index is 4.04. The van der Waals surface area contributed by atoms with Crippen LogP contribution in [0.5, 0.6) is 0 Å². The van der Waals surface area contributed by atoms with Crippen LogP contribution < -0.4 is 11.1 Å². The minimum absolute atomic E-state index is 0.0860. The van der Waals surface area contributed by atoms with E-state index in [0.717, 1.165) is 0 Å². The number of nitrogens with one attached hydrogen (secondary N) is 1. The highest BCUT2D eigenvalue weighted by atomic mass is 16.4. The SMILES string of the molecule is CC(C)(CO)NC(=O)C(N)CCC(=O)O. The van der Waals surface area contributed by atoms with Gasteiger partial charge in [0.15, 0.2) is 0 Å². The highest BCUT2D eigenvalue weighted by molar-refractivity contribution is 5.82. The minimum Gasteiger partial charge on any atom is -0.481 e. The largest absolute Gasteiger partial charge is 0.481 e. The van der Waals surface area contributed by atoms with E-state index in [1.165, 1.54) is 0 Å². The lowest BCUT2D eigenvalue weighted by Crippen LogP contribution is -2.52. The number of aliphatic hydroxyl groups excluding tert-OH is 1. The molecule has 0 saturated carbocycles. The molecule has 15 heavy (non-hydrogen) atoms. The monoisotopic (exact) mass is 218 g/mol. The number of carboxylic acid groups (broad SMARTS) is 1. The molecule has 0 aliphatic heterocycles.